The highest BCUT2D eigenvalue weighted by molar-refractivity contribution is 5.49. The normalized spacial score (nSPS) is 24.4. The Morgan fingerprint density at radius 3 is 3.18 bits per heavy atom. The van der Waals surface area contributed by atoms with E-state index in [0.717, 1.165) is 24.5 Å². The average Bonchev–Trinajstić information content (AvgIpc) is 2.37. The van der Waals surface area contributed by atoms with Gasteiger partial charge in [0.25, 0.3) is 0 Å². The van der Waals surface area contributed by atoms with Crippen LogP contribution in [0.2, 0.25) is 0 Å². The Hall–Kier alpha value is -1.29. The Morgan fingerprint density at radius 2 is 2.41 bits per heavy atom. The minimum Gasteiger partial charge on any atom is -0.493 e. The highest BCUT2D eigenvalue weighted by Gasteiger charge is 2.19. The maximum absolute atomic E-state index is 5.98. The van der Waals surface area contributed by atoms with Crippen LogP contribution in [-0.2, 0) is 0 Å². The molecule has 17 heavy (non-hydrogen) atoms. The van der Waals surface area contributed by atoms with Gasteiger partial charge in [0, 0.05) is 18.8 Å². The lowest BCUT2D eigenvalue weighted by Gasteiger charge is -2.27. The number of nitrogens with one attached hydrogen (secondary N) is 1. The van der Waals surface area contributed by atoms with Crippen molar-refractivity contribution in [3.8, 4) is 5.75 Å². The third-order valence-corrected chi connectivity index (χ3v) is 3.37. The fourth-order valence-electron chi connectivity index (χ4n) is 2.45. The standard InChI is InChI=1S/C13H21N3O/c1-17-12-6-3-7-15-13(12)16-9-10-4-2-5-11(14)8-10/h3,6-7,10-11H,2,4-5,8-9,14H2,1H3,(H,15,16). The van der Waals surface area contributed by atoms with E-state index < -0.39 is 0 Å². The van der Waals surface area contributed by atoms with Crippen LogP contribution in [0.1, 0.15) is 25.7 Å². The topological polar surface area (TPSA) is 60.2 Å². The van der Waals surface area contributed by atoms with E-state index in [1.165, 1.54) is 19.3 Å². The number of hydrogen-bond donors (Lipinski definition) is 2. The van der Waals surface area contributed by atoms with Crippen molar-refractivity contribution in [1.82, 2.24) is 4.98 Å². The molecule has 0 radical (unpaired) electrons. The van der Waals surface area contributed by atoms with Crippen molar-refractivity contribution in [2.75, 3.05) is 19.0 Å². The molecule has 0 bridgehead atoms. The Balaban J connectivity index is 1.88. The predicted octanol–water partition coefficient (Wildman–Crippen LogP) is 2.02. The maximum Gasteiger partial charge on any atom is 0.168 e. The van der Waals surface area contributed by atoms with Gasteiger partial charge in [0.1, 0.15) is 0 Å². The molecular formula is C13H21N3O. The van der Waals surface area contributed by atoms with Crippen molar-refractivity contribution < 1.29 is 4.74 Å². The summed E-state index contributed by atoms with van der Waals surface area (Å²) in [6.45, 7) is 0.932. The van der Waals surface area contributed by atoms with Crippen LogP contribution in [0.25, 0.3) is 0 Å². The molecule has 1 heterocycles. The number of nitrogens with two attached hydrogens (primary N) is 1. The number of pyridine rings is 1. The summed E-state index contributed by atoms with van der Waals surface area (Å²) in [7, 11) is 1.67. The van der Waals surface area contributed by atoms with Gasteiger partial charge in [-0.3, -0.25) is 0 Å². The molecule has 2 atom stereocenters. The summed E-state index contributed by atoms with van der Waals surface area (Å²) >= 11 is 0. The van der Waals surface area contributed by atoms with E-state index in [1.54, 1.807) is 13.3 Å². The number of nitrogens with zero attached hydrogens (tertiary/aromatic N) is 1. The number of anilines is 1. The number of rotatable bonds is 4. The quantitative estimate of drug-likeness (QED) is 0.838. The van der Waals surface area contributed by atoms with Crippen molar-refractivity contribution in [3.63, 3.8) is 0 Å². The molecule has 4 nitrogen and oxygen atoms in total. The van der Waals surface area contributed by atoms with Crippen LogP contribution in [0.15, 0.2) is 18.3 Å². The lowest BCUT2D eigenvalue weighted by molar-refractivity contribution is 0.334. The molecule has 1 aliphatic carbocycles. The van der Waals surface area contributed by atoms with Gasteiger partial charge in [0.15, 0.2) is 11.6 Å². The number of aromatic nitrogens is 1. The molecule has 2 unspecified atom stereocenters. The van der Waals surface area contributed by atoms with E-state index in [1.807, 2.05) is 12.1 Å². The molecular weight excluding hydrogens is 214 g/mol. The summed E-state index contributed by atoms with van der Waals surface area (Å²) < 4.78 is 5.26. The van der Waals surface area contributed by atoms with E-state index in [4.69, 9.17) is 10.5 Å². The summed E-state index contributed by atoms with van der Waals surface area (Å²) in [5.74, 6) is 2.28. The Kier molecular flexibility index (Phi) is 4.20. The SMILES string of the molecule is COc1cccnc1NCC1CCCC(N)C1. The number of hydrogen-bond acceptors (Lipinski definition) is 4. The highest BCUT2D eigenvalue weighted by atomic mass is 16.5. The number of methoxy groups -OCH3 is 1. The number of ether oxygens (including phenoxy) is 1. The predicted molar refractivity (Wildman–Crippen MR) is 69.2 cm³/mol. The fourth-order valence-corrected chi connectivity index (χ4v) is 2.45. The third kappa shape index (κ3) is 3.33. The Morgan fingerprint density at radius 1 is 1.53 bits per heavy atom. The van der Waals surface area contributed by atoms with Crippen molar-refractivity contribution in [3.05, 3.63) is 18.3 Å². The van der Waals surface area contributed by atoms with Crippen LogP contribution < -0.4 is 15.8 Å². The van der Waals surface area contributed by atoms with Gasteiger partial charge in [-0.25, -0.2) is 4.98 Å². The third-order valence-electron chi connectivity index (χ3n) is 3.37. The minimum atomic E-state index is 0.376. The molecule has 2 rings (SSSR count). The molecule has 0 amide bonds. The van der Waals surface area contributed by atoms with E-state index in [0.29, 0.717) is 12.0 Å². The lowest BCUT2D eigenvalue weighted by Crippen LogP contribution is -2.31. The van der Waals surface area contributed by atoms with Gasteiger partial charge in [-0.05, 0) is 37.3 Å². The van der Waals surface area contributed by atoms with Crippen LogP contribution >= 0.6 is 0 Å². The highest BCUT2D eigenvalue weighted by Crippen LogP contribution is 2.25. The first-order chi connectivity index (χ1) is 8.29. The summed E-state index contributed by atoms with van der Waals surface area (Å²) in [6, 6.07) is 4.17. The maximum atomic E-state index is 5.98. The molecule has 0 spiro atoms. The zero-order chi connectivity index (χ0) is 12.1. The van der Waals surface area contributed by atoms with Crippen molar-refractivity contribution in [2.24, 2.45) is 11.7 Å². The summed E-state index contributed by atoms with van der Waals surface area (Å²) in [5.41, 5.74) is 5.98. The molecule has 0 aliphatic heterocycles. The van der Waals surface area contributed by atoms with Gasteiger partial charge in [0.05, 0.1) is 7.11 Å². The summed E-state index contributed by atoms with van der Waals surface area (Å²) in [6.07, 6.45) is 6.56. The minimum absolute atomic E-state index is 0.376. The molecule has 1 aliphatic rings. The van der Waals surface area contributed by atoms with Gasteiger partial charge >= 0.3 is 0 Å². The lowest BCUT2D eigenvalue weighted by atomic mass is 9.86. The molecule has 1 fully saturated rings. The van der Waals surface area contributed by atoms with Crippen LogP contribution in [0.3, 0.4) is 0 Å². The van der Waals surface area contributed by atoms with Gasteiger partial charge in [-0.15, -0.1) is 0 Å². The first-order valence-corrected chi connectivity index (χ1v) is 6.28. The van der Waals surface area contributed by atoms with Gasteiger partial charge in [0.2, 0.25) is 0 Å². The first kappa shape index (κ1) is 12.2. The van der Waals surface area contributed by atoms with Crippen molar-refractivity contribution in [1.29, 1.82) is 0 Å². The van der Waals surface area contributed by atoms with E-state index >= 15 is 0 Å². The van der Waals surface area contributed by atoms with Crippen LogP contribution in [0.4, 0.5) is 5.82 Å². The monoisotopic (exact) mass is 235 g/mol. The summed E-state index contributed by atoms with van der Waals surface area (Å²) in [5, 5.41) is 3.36. The largest absolute Gasteiger partial charge is 0.493 e. The van der Waals surface area contributed by atoms with E-state index in [-0.39, 0.29) is 0 Å². The zero-order valence-electron chi connectivity index (χ0n) is 10.4. The van der Waals surface area contributed by atoms with E-state index in [2.05, 4.69) is 10.3 Å². The van der Waals surface area contributed by atoms with Crippen LogP contribution in [-0.4, -0.2) is 24.7 Å². The summed E-state index contributed by atoms with van der Waals surface area (Å²) in [4.78, 5) is 4.29. The molecule has 1 aromatic heterocycles. The van der Waals surface area contributed by atoms with Crippen LogP contribution in [0.5, 0.6) is 5.75 Å². The molecule has 3 N–H and O–H groups in total. The molecule has 4 heteroatoms. The van der Waals surface area contributed by atoms with E-state index in [9.17, 15) is 0 Å². The smallest absolute Gasteiger partial charge is 0.168 e. The fraction of sp³-hybridized carbons (Fsp3) is 0.615. The first-order valence-electron chi connectivity index (χ1n) is 6.28. The second kappa shape index (κ2) is 5.87. The second-order valence-corrected chi connectivity index (χ2v) is 4.73. The second-order valence-electron chi connectivity index (χ2n) is 4.73. The van der Waals surface area contributed by atoms with Gasteiger partial charge in [-0.1, -0.05) is 6.42 Å². The molecule has 1 aromatic rings. The molecule has 94 valence electrons. The van der Waals surface area contributed by atoms with Gasteiger partial charge in [-0.2, -0.15) is 0 Å². The molecule has 1 saturated carbocycles. The Labute approximate surface area is 103 Å². The zero-order valence-corrected chi connectivity index (χ0v) is 10.4. The van der Waals surface area contributed by atoms with Crippen molar-refractivity contribution in [2.45, 2.75) is 31.7 Å². The molecule has 0 saturated heterocycles. The van der Waals surface area contributed by atoms with Crippen LogP contribution in [0, 0.1) is 5.92 Å². The molecule has 0 aromatic carbocycles. The van der Waals surface area contributed by atoms with Crippen molar-refractivity contribution >= 4 is 5.82 Å². The average molecular weight is 235 g/mol. The van der Waals surface area contributed by atoms with Gasteiger partial charge < -0.3 is 15.8 Å². The Bertz CT molecular complexity index is 356.